The van der Waals surface area contributed by atoms with Gasteiger partial charge >= 0.3 is 0 Å². The zero-order chi connectivity index (χ0) is 23.9. The number of benzene rings is 2. The molecule has 0 aliphatic heterocycles. The van der Waals surface area contributed by atoms with Gasteiger partial charge in [0.25, 0.3) is 5.56 Å². The molecule has 7 heteroatoms. The number of rotatable bonds is 5. The molecule has 33 heavy (non-hydrogen) atoms. The Morgan fingerprint density at radius 2 is 1.73 bits per heavy atom. The molecular weight excluding hydrogens is 422 g/mol. The number of para-hydroxylation sites is 1. The Balaban J connectivity index is 2.03. The summed E-state index contributed by atoms with van der Waals surface area (Å²) >= 11 is 0. The summed E-state index contributed by atoms with van der Waals surface area (Å²) in [5, 5.41) is 3.81. The highest BCUT2D eigenvalue weighted by Crippen LogP contribution is 2.31. The molecule has 0 radical (unpaired) electrons. The minimum Gasteiger partial charge on any atom is -0.383 e. The van der Waals surface area contributed by atoms with Gasteiger partial charge in [-0.2, -0.15) is 0 Å². The summed E-state index contributed by atoms with van der Waals surface area (Å²) < 4.78 is 30.2. The second-order valence-electron chi connectivity index (χ2n) is 8.24. The standard InChI is InChI=1S/C26H24F2N4O/c1-14(2)29-16(4)18-10-9-15(3)20(13-18)24-19-11-12-23(33)32(26(19)31-17(5)30-24)25-21(27)7-6-8-22(25)28/h6-14,29H,4H2,1-3,5H3. The first kappa shape index (κ1) is 22.3. The van der Waals surface area contributed by atoms with E-state index in [0.717, 1.165) is 39.1 Å². The Hall–Kier alpha value is -3.87. The van der Waals surface area contributed by atoms with Crippen LogP contribution in [0.3, 0.4) is 0 Å². The number of aromatic nitrogens is 3. The second kappa shape index (κ2) is 8.58. The Morgan fingerprint density at radius 3 is 2.39 bits per heavy atom. The van der Waals surface area contributed by atoms with Crippen molar-refractivity contribution in [2.24, 2.45) is 0 Å². The zero-order valence-electron chi connectivity index (χ0n) is 18.9. The average Bonchev–Trinajstić information content (AvgIpc) is 2.74. The highest BCUT2D eigenvalue weighted by molar-refractivity contribution is 5.92. The highest BCUT2D eigenvalue weighted by atomic mass is 19.1. The van der Waals surface area contributed by atoms with Crippen LogP contribution in [0.1, 0.15) is 30.8 Å². The van der Waals surface area contributed by atoms with Gasteiger partial charge in [0.05, 0.1) is 5.69 Å². The summed E-state index contributed by atoms with van der Waals surface area (Å²) in [6, 6.07) is 12.5. The normalized spacial score (nSPS) is 11.2. The fraction of sp³-hybridized carbons (Fsp3) is 0.192. The van der Waals surface area contributed by atoms with Crippen molar-refractivity contribution < 1.29 is 8.78 Å². The number of halogens is 2. The topological polar surface area (TPSA) is 59.8 Å². The maximum Gasteiger partial charge on any atom is 0.256 e. The van der Waals surface area contributed by atoms with Crippen LogP contribution in [0.15, 0.2) is 59.9 Å². The third-order valence-corrected chi connectivity index (χ3v) is 5.33. The maximum absolute atomic E-state index is 14.6. The van der Waals surface area contributed by atoms with Crippen molar-refractivity contribution in [2.75, 3.05) is 0 Å². The molecule has 0 unspecified atom stereocenters. The van der Waals surface area contributed by atoms with E-state index in [0.29, 0.717) is 16.9 Å². The monoisotopic (exact) mass is 446 g/mol. The molecule has 2 aromatic heterocycles. The van der Waals surface area contributed by atoms with E-state index in [1.54, 1.807) is 13.0 Å². The van der Waals surface area contributed by atoms with Crippen LogP contribution >= 0.6 is 0 Å². The lowest BCUT2D eigenvalue weighted by Crippen LogP contribution is -2.21. The van der Waals surface area contributed by atoms with Crippen LogP contribution in [-0.2, 0) is 0 Å². The number of hydrogen-bond donors (Lipinski definition) is 1. The van der Waals surface area contributed by atoms with Crippen molar-refractivity contribution in [3.63, 3.8) is 0 Å². The van der Waals surface area contributed by atoms with Crippen LogP contribution in [0.4, 0.5) is 8.78 Å². The van der Waals surface area contributed by atoms with E-state index in [-0.39, 0.29) is 11.7 Å². The van der Waals surface area contributed by atoms with Crippen molar-refractivity contribution in [1.82, 2.24) is 19.9 Å². The quantitative estimate of drug-likeness (QED) is 0.451. The SMILES string of the molecule is C=C(NC(C)C)c1ccc(C)c(-c2nc(C)nc3c2ccc(=O)n3-c2c(F)cccc2F)c1. The number of aryl methyl sites for hydroxylation is 2. The minimum atomic E-state index is -0.850. The van der Waals surface area contributed by atoms with Crippen LogP contribution < -0.4 is 10.9 Å². The molecule has 0 aliphatic carbocycles. The molecule has 0 bridgehead atoms. The summed E-state index contributed by atoms with van der Waals surface area (Å²) in [5.41, 5.74) is 3.08. The van der Waals surface area contributed by atoms with Crippen LogP contribution in [0, 0.1) is 25.5 Å². The molecule has 0 saturated carbocycles. The summed E-state index contributed by atoms with van der Waals surface area (Å²) in [6.45, 7) is 11.8. The van der Waals surface area contributed by atoms with Crippen LogP contribution in [-0.4, -0.2) is 20.6 Å². The molecule has 0 spiro atoms. The molecule has 5 nitrogen and oxygen atoms in total. The molecule has 4 aromatic rings. The molecule has 0 atom stereocenters. The Bertz CT molecular complexity index is 1440. The van der Waals surface area contributed by atoms with Gasteiger partial charge in [0.2, 0.25) is 0 Å². The first-order valence-corrected chi connectivity index (χ1v) is 10.6. The second-order valence-corrected chi connectivity index (χ2v) is 8.24. The number of pyridine rings is 1. The molecule has 2 aromatic carbocycles. The lowest BCUT2D eigenvalue weighted by atomic mass is 9.98. The van der Waals surface area contributed by atoms with Crippen molar-refractivity contribution in [3.8, 4) is 16.9 Å². The predicted molar refractivity (Wildman–Crippen MR) is 127 cm³/mol. The molecule has 1 N–H and O–H groups in total. The third-order valence-electron chi connectivity index (χ3n) is 5.33. The smallest absolute Gasteiger partial charge is 0.256 e. The lowest BCUT2D eigenvalue weighted by Gasteiger charge is -2.17. The van der Waals surface area contributed by atoms with Gasteiger partial charge in [-0.05, 0) is 63.1 Å². The van der Waals surface area contributed by atoms with Crippen LogP contribution in [0.5, 0.6) is 0 Å². The van der Waals surface area contributed by atoms with E-state index in [2.05, 4.69) is 21.9 Å². The first-order valence-electron chi connectivity index (χ1n) is 10.6. The minimum absolute atomic E-state index is 0.137. The number of nitrogens with one attached hydrogen (secondary N) is 1. The van der Waals surface area contributed by atoms with Gasteiger partial charge in [-0.25, -0.2) is 18.7 Å². The summed E-state index contributed by atoms with van der Waals surface area (Å²) in [7, 11) is 0. The highest BCUT2D eigenvalue weighted by Gasteiger charge is 2.19. The predicted octanol–water partition coefficient (Wildman–Crippen LogP) is 5.31. The van der Waals surface area contributed by atoms with Gasteiger partial charge in [0, 0.05) is 28.8 Å². The summed E-state index contributed by atoms with van der Waals surface area (Å²) in [4.78, 5) is 21.8. The molecule has 0 saturated heterocycles. The molecule has 0 aliphatic rings. The fourth-order valence-corrected chi connectivity index (χ4v) is 3.84. The van der Waals surface area contributed by atoms with E-state index < -0.39 is 22.9 Å². The van der Waals surface area contributed by atoms with Gasteiger partial charge in [-0.15, -0.1) is 0 Å². The van der Waals surface area contributed by atoms with Crippen molar-refractivity contribution in [3.05, 3.63) is 94.0 Å². The maximum atomic E-state index is 14.6. The Kier molecular flexibility index (Phi) is 5.80. The number of hydrogen-bond acceptors (Lipinski definition) is 4. The summed E-state index contributed by atoms with van der Waals surface area (Å²) in [5.74, 6) is -1.33. The zero-order valence-corrected chi connectivity index (χ0v) is 18.9. The third kappa shape index (κ3) is 4.14. The van der Waals surface area contributed by atoms with E-state index in [1.165, 1.54) is 12.1 Å². The first-order chi connectivity index (χ1) is 15.7. The molecule has 4 rings (SSSR count). The van der Waals surface area contributed by atoms with Gasteiger partial charge in [0.15, 0.2) is 5.65 Å². The van der Waals surface area contributed by atoms with E-state index in [4.69, 9.17) is 0 Å². The molecule has 2 heterocycles. The molecule has 168 valence electrons. The average molecular weight is 447 g/mol. The molecule has 0 amide bonds. The fourth-order valence-electron chi connectivity index (χ4n) is 3.84. The van der Waals surface area contributed by atoms with E-state index in [1.807, 2.05) is 39.0 Å². The number of fused-ring (bicyclic) bond motifs is 1. The van der Waals surface area contributed by atoms with Crippen molar-refractivity contribution >= 4 is 16.7 Å². The van der Waals surface area contributed by atoms with Gasteiger partial charge in [-0.1, -0.05) is 24.8 Å². The van der Waals surface area contributed by atoms with E-state index in [9.17, 15) is 13.6 Å². The summed E-state index contributed by atoms with van der Waals surface area (Å²) in [6.07, 6.45) is 0. The molecule has 0 fully saturated rings. The lowest BCUT2D eigenvalue weighted by molar-refractivity contribution is 0.568. The Morgan fingerprint density at radius 1 is 1.03 bits per heavy atom. The Labute approximate surface area is 190 Å². The van der Waals surface area contributed by atoms with Crippen molar-refractivity contribution in [1.29, 1.82) is 0 Å². The van der Waals surface area contributed by atoms with Crippen LogP contribution in [0.2, 0.25) is 0 Å². The van der Waals surface area contributed by atoms with Gasteiger partial charge in [0.1, 0.15) is 23.1 Å². The molecular formula is C26H24F2N4O. The largest absolute Gasteiger partial charge is 0.383 e. The van der Waals surface area contributed by atoms with E-state index >= 15 is 0 Å². The number of nitrogens with zero attached hydrogens (tertiary/aromatic N) is 3. The van der Waals surface area contributed by atoms with Crippen LogP contribution in [0.25, 0.3) is 33.7 Å². The van der Waals surface area contributed by atoms with Gasteiger partial charge < -0.3 is 5.32 Å². The van der Waals surface area contributed by atoms with Crippen molar-refractivity contribution in [2.45, 2.75) is 33.7 Å². The van der Waals surface area contributed by atoms with Gasteiger partial charge in [-0.3, -0.25) is 9.36 Å².